The molecule has 5 nitrogen and oxygen atoms in total. The maximum atomic E-state index is 5.39. The Morgan fingerprint density at radius 3 is 2.76 bits per heavy atom. The number of rotatable bonds is 5. The zero-order valence-corrected chi connectivity index (χ0v) is 12.5. The van der Waals surface area contributed by atoms with Crippen LogP contribution in [0.3, 0.4) is 0 Å². The lowest BCUT2D eigenvalue weighted by Crippen LogP contribution is -2.10. The minimum absolute atomic E-state index is 0.130. The van der Waals surface area contributed by atoms with Gasteiger partial charge in [0, 0.05) is 5.56 Å². The maximum Gasteiger partial charge on any atom is 0.167 e. The number of hydrogen-bond donors (Lipinski definition) is 0. The number of thioether (sulfide) groups is 1. The lowest BCUT2D eigenvalue weighted by atomic mass is 10.1. The van der Waals surface area contributed by atoms with Gasteiger partial charge in [-0.3, -0.25) is 0 Å². The molecule has 110 valence electrons. The summed E-state index contributed by atoms with van der Waals surface area (Å²) in [6.07, 6.45) is -0.130. The molecular weight excluding hydrogens is 288 g/mol. The van der Waals surface area contributed by atoms with Crippen LogP contribution in [0.2, 0.25) is 0 Å². The lowest BCUT2D eigenvalue weighted by Gasteiger charge is -2.08. The number of methoxy groups -OCH3 is 1. The second-order valence-corrected chi connectivity index (χ2v) is 5.51. The molecule has 0 unspecified atom stereocenters. The quantitative estimate of drug-likeness (QED) is 0.792. The standard InChI is InChI=1S/C15H16N2O3S/c1-18-12-4-2-3-11(9-12)13-5-6-14(17-16-13)21-10-15-19-7-8-20-15/h2-6,9,15H,7-8,10H2,1H3. The van der Waals surface area contributed by atoms with Crippen LogP contribution in [0.25, 0.3) is 11.3 Å². The fourth-order valence-electron chi connectivity index (χ4n) is 1.99. The molecule has 1 aromatic heterocycles. The molecule has 0 radical (unpaired) electrons. The van der Waals surface area contributed by atoms with Gasteiger partial charge in [-0.25, -0.2) is 0 Å². The van der Waals surface area contributed by atoms with E-state index in [1.54, 1.807) is 18.9 Å². The van der Waals surface area contributed by atoms with Crippen molar-refractivity contribution in [3.8, 4) is 17.0 Å². The molecule has 2 aromatic rings. The second kappa shape index (κ2) is 6.89. The van der Waals surface area contributed by atoms with Gasteiger partial charge in [-0.15, -0.1) is 10.2 Å². The number of aromatic nitrogens is 2. The third kappa shape index (κ3) is 3.72. The predicted molar refractivity (Wildman–Crippen MR) is 80.4 cm³/mol. The Labute approximate surface area is 127 Å². The summed E-state index contributed by atoms with van der Waals surface area (Å²) >= 11 is 1.58. The van der Waals surface area contributed by atoms with Crippen LogP contribution in [-0.2, 0) is 9.47 Å². The zero-order valence-electron chi connectivity index (χ0n) is 11.7. The topological polar surface area (TPSA) is 53.5 Å². The Hall–Kier alpha value is -1.63. The third-order valence-corrected chi connectivity index (χ3v) is 4.02. The first kappa shape index (κ1) is 14.3. The van der Waals surface area contributed by atoms with Crippen LogP contribution in [0.1, 0.15) is 0 Å². The van der Waals surface area contributed by atoms with Crippen molar-refractivity contribution in [2.75, 3.05) is 26.1 Å². The lowest BCUT2D eigenvalue weighted by molar-refractivity contribution is -0.0214. The SMILES string of the molecule is COc1cccc(-c2ccc(SCC3OCCO3)nn2)c1. The van der Waals surface area contributed by atoms with Crippen molar-refractivity contribution in [2.45, 2.75) is 11.3 Å². The van der Waals surface area contributed by atoms with E-state index in [4.69, 9.17) is 14.2 Å². The minimum Gasteiger partial charge on any atom is -0.497 e. The molecule has 0 N–H and O–H groups in total. The summed E-state index contributed by atoms with van der Waals surface area (Å²) in [7, 11) is 1.65. The first-order valence-corrected chi connectivity index (χ1v) is 7.68. The number of hydrogen-bond acceptors (Lipinski definition) is 6. The summed E-state index contributed by atoms with van der Waals surface area (Å²) in [5.41, 5.74) is 1.81. The molecule has 0 aliphatic carbocycles. The molecule has 1 aliphatic rings. The molecule has 2 heterocycles. The van der Waals surface area contributed by atoms with Crippen LogP contribution in [0.15, 0.2) is 41.4 Å². The molecule has 1 saturated heterocycles. The van der Waals surface area contributed by atoms with Crippen molar-refractivity contribution >= 4 is 11.8 Å². The highest BCUT2D eigenvalue weighted by molar-refractivity contribution is 7.99. The van der Waals surface area contributed by atoms with Crippen LogP contribution in [0, 0.1) is 0 Å². The van der Waals surface area contributed by atoms with Gasteiger partial charge in [-0.05, 0) is 24.3 Å². The van der Waals surface area contributed by atoms with E-state index < -0.39 is 0 Å². The molecule has 1 fully saturated rings. The maximum absolute atomic E-state index is 5.39. The molecule has 1 aliphatic heterocycles. The van der Waals surface area contributed by atoms with Gasteiger partial charge in [0.25, 0.3) is 0 Å². The van der Waals surface area contributed by atoms with Gasteiger partial charge in [-0.2, -0.15) is 0 Å². The summed E-state index contributed by atoms with van der Waals surface area (Å²) in [5.74, 6) is 1.54. The van der Waals surface area contributed by atoms with Crippen LogP contribution in [0.4, 0.5) is 0 Å². The minimum atomic E-state index is -0.130. The van der Waals surface area contributed by atoms with E-state index in [2.05, 4.69) is 10.2 Å². The molecule has 0 spiro atoms. The number of nitrogens with zero attached hydrogens (tertiary/aromatic N) is 2. The van der Waals surface area contributed by atoms with Gasteiger partial charge in [0.15, 0.2) is 6.29 Å². The first-order chi connectivity index (χ1) is 10.3. The van der Waals surface area contributed by atoms with E-state index in [1.807, 2.05) is 36.4 Å². The Morgan fingerprint density at radius 1 is 1.19 bits per heavy atom. The van der Waals surface area contributed by atoms with Crippen molar-refractivity contribution < 1.29 is 14.2 Å². The largest absolute Gasteiger partial charge is 0.497 e. The third-order valence-electron chi connectivity index (χ3n) is 3.06. The average molecular weight is 304 g/mol. The van der Waals surface area contributed by atoms with Gasteiger partial charge in [0.1, 0.15) is 10.8 Å². The van der Waals surface area contributed by atoms with Crippen molar-refractivity contribution in [3.05, 3.63) is 36.4 Å². The van der Waals surface area contributed by atoms with Crippen molar-refractivity contribution in [3.63, 3.8) is 0 Å². The summed E-state index contributed by atoms with van der Waals surface area (Å²) < 4.78 is 16.0. The molecule has 21 heavy (non-hydrogen) atoms. The Bertz CT molecular complexity index is 586. The van der Waals surface area contributed by atoms with Crippen LogP contribution in [0.5, 0.6) is 5.75 Å². The van der Waals surface area contributed by atoms with Gasteiger partial charge < -0.3 is 14.2 Å². The summed E-state index contributed by atoms with van der Waals surface area (Å²) in [6.45, 7) is 1.34. The van der Waals surface area contributed by atoms with Crippen LogP contribution >= 0.6 is 11.8 Å². The predicted octanol–water partition coefficient (Wildman–Crippen LogP) is 2.62. The van der Waals surface area contributed by atoms with E-state index in [0.717, 1.165) is 27.8 Å². The highest BCUT2D eigenvalue weighted by Gasteiger charge is 2.16. The van der Waals surface area contributed by atoms with E-state index >= 15 is 0 Å². The van der Waals surface area contributed by atoms with E-state index in [0.29, 0.717) is 13.2 Å². The van der Waals surface area contributed by atoms with Crippen molar-refractivity contribution in [1.29, 1.82) is 0 Å². The van der Waals surface area contributed by atoms with Crippen LogP contribution in [-0.4, -0.2) is 42.6 Å². The van der Waals surface area contributed by atoms with Crippen molar-refractivity contribution in [1.82, 2.24) is 10.2 Å². The van der Waals surface area contributed by atoms with E-state index in [1.165, 1.54) is 0 Å². The highest BCUT2D eigenvalue weighted by atomic mass is 32.2. The van der Waals surface area contributed by atoms with Gasteiger partial charge >= 0.3 is 0 Å². The van der Waals surface area contributed by atoms with Gasteiger partial charge in [0.2, 0.25) is 0 Å². The van der Waals surface area contributed by atoms with Gasteiger partial charge in [-0.1, -0.05) is 23.9 Å². The molecule has 3 rings (SSSR count). The van der Waals surface area contributed by atoms with Gasteiger partial charge in [0.05, 0.1) is 31.8 Å². The molecule has 0 atom stereocenters. The summed E-state index contributed by atoms with van der Waals surface area (Å²) in [4.78, 5) is 0. The fraction of sp³-hybridized carbons (Fsp3) is 0.333. The zero-order chi connectivity index (χ0) is 14.5. The fourth-order valence-corrected chi connectivity index (χ4v) is 2.75. The molecule has 0 saturated carbocycles. The monoisotopic (exact) mass is 304 g/mol. The Morgan fingerprint density at radius 2 is 2.05 bits per heavy atom. The first-order valence-electron chi connectivity index (χ1n) is 6.69. The van der Waals surface area contributed by atoms with E-state index in [9.17, 15) is 0 Å². The second-order valence-electron chi connectivity index (χ2n) is 4.47. The van der Waals surface area contributed by atoms with E-state index in [-0.39, 0.29) is 6.29 Å². The Kier molecular flexibility index (Phi) is 4.69. The normalized spacial score (nSPS) is 15.3. The summed E-state index contributed by atoms with van der Waals surface area (Å²) in [5, 5.41) is 9.36. The molecule has 6 heteroatoms. The smallest absolute Gasteiger partial charge is 0.167 e. The number of benzene rings is 1. The number of ether oxygens (including phenoxy) is 3. The summed E-state index contributed by atoms with van der Waals surface area (Å²) in [6, 6.07) is 11.7. The Balaban J connectivity index is 1.65. The van der Waals surface area contributed by atoms with Crippen LogP contribution < -0.4 is 4.74 Å². The molecule has 1 aromatic carbocycles. The average Bonchev–Trinajstić information content (AvgIpc) is 3.07. The highest BCUT2D eigenvalue weighted by Crippen LogP contribution is 2.24. The molecule has 0 amide bonds. The molecular formula is C15H16N2O3S. The molecule has 0 bridgehead atoms. The van der Waals surface area contributed by atoms with Crippen molar-refractivity contribution in [2.24, 2.45) is 0 Å².